The van der Waals surface area contributed by atoms with Crippen molar-refractivity contribution >= 4 is 11.9 Å². The maximum Gasteiger partial charge on any atom is 0.407 e. The van der Waals surface area contributed by atoms with Crippen LogP contribution in [0.5, 0.6) is 0 Å². The Kier molecular flexibility index (Phi) is 7.91. The zero-order valence-corrected chi connectivity index (χ0v) is 14.8. The van der Waals surface area contributed by atoms with Gasteiger partial charge in [-0.25, -0.2) is 9.78 Å². The van der Waals surface area contributed by atoms with Crippen LogP contribution in [-0.4, -0.2) is 40.5 Å². The number of halogens is 1. The normalized spacial score (nSPS) is 13.9. The number of unbranched alkanes of at least 4 members (excludes halogenated alkanes) is 1. The molecule has 0 bridgehead atoms. The SMILES string of the molecule is CCCC[C@H](NC(=O)OC(C)(C)C)[C@@H](O)CNc1cccc(F)n1. The number of carbonyl (C=O) groups excluding carboxylic acids is 1. The minimum atomic E-state index is -0.853. The van der Waals surface area contributed by atoms with Gasteiger partial charge in [-0.1, -0.05) is 25.8 Å². The minimum absolute atomic E-state index is 0.140. The summed E-state index contributed by atoms with van der Waals surface area (Å²) in [5.41, 5.74) is -0.603. The summed E-state index contributed by atoms with van der Waals surface area (Å²) in [7, 11) is 0. The monoisotopic (exact) mass is 341 g/mol. The molecular weight excluding hydrogens is 313 g/mol. The van der Waals surface area contributed by atoms with E-state index in [9.17, 15) is 14.3 Å². The number of nitrogens with zero attached hydrogens (tertiary/aromatic N) is 1. The fraction of sp³-hybridized carbons (Fsp3) is 0.647. The fourth-order valence-corrected chi connectivity index (χ4v) is 2.10. The predicted molar refractivity (Wildman–Crippen MR) is 91.4 cm³/mol. The van der Waals surface area contributed by atoms with Crippen LogP contribution in [0.3, 0.4) is 0 Å². The quantitative estimate of drug-likeness (QED) is 0.633. The first kappa shape index (κ1) is 20.2. The molecular formula is C17H28FN3O3. The molecule has 0 spiro atoms. The number of aliphatic hydroxyl groups is 1. The number of pyridine rings is 1. The lowest BCUT2D eigenvalue weighted by atomic mass is 10.0. The summed E-state index contributed by atoms with van der Waals surface area (Å²) in [6.45, 7) is 7.51. The van der Waals surface area contributed by atoms with E-state index in [2.05, 4.69) is 15.6 Å². The van der Waals surface area contributed by atoms with E-state index in [0.717, 1.165) is 12.8 Å². The van der Waals surface area contributed by atoms with Crippen molar-refractivity contribution in [2.45, 2.75) is 64.7 Å². The minimum Gasteiger partial charge on any atom is -0.444 e. The van der Waals surface area contributed by atoms with E-state index in [0.29, 0.717) is 12.2 Å². The first-order chi connectivity index (χ1) is 11.2. The molecule has 6 nitrogen and oxygen atoms in total. The van der Waals surface area contributed by atoms with Crippen LogP contribution in [0.15, 0.2) is 18.2 Å². The van der Waals surface area contributed by atoms with Gasteiger partial charge in [-0.3, -0.25) is 0 Å². The van der Waals surface area contributed by atoms with Crippen molar-refractivity contribution in [2.24, 2.45) is 0 Å². The number of hydrogen-bond donors (Lipinski definition) is 3. The number of carbonyl (C=O) groups is 1. The van der Waals surface area contributed by atoms with Gasteiger partial charge in [-0.05, 0) is 39.3 Å². The molecule has 0 saturated carbocycles. The third kappa shape index (κ3) is 8.10. The average molecular weight is 341 g/mol. The van der Waals surface area contributed by atoms with Crippen LogP contribution in [0.4, 0.5) is 15.0 Å². The van der Waals surface area contributed by atoms with Crippen LogP contribution >= 0.6 is 0 Å². The van der Waals surface area contributed by atoms with Gasteiger partial charge in [0.05, 0.1) is 12.1 Å². The number of hydrogen-bond acceptors (Lipinski definition) is 5. The lowest BCUT2D eigenvalue weighted by Crippen LogP contribution is -2.47. The number of aliphatic hydroxyl groups excluding tert-OH is 1. The Bertz CT molecular complexity index is 520. The summed E-state index contributed by atoms with van der Waals surface area (Å²) >= 11 is 0. The molecule has 0 aliphatic heterocycles. The largest absolute Gasteiger partial charge is 0.444 e. The first-order valence-electron chi connectivity index (χ1n) is 8.25. The lowest BCUT2D eigenvalue weighted by molar-refractivity contribution is 0.0425. The summed E-state index contributed by atoms with van der Waals surface area (Å²) < 4.78 is 18.3. The molecule has 2 atom stereocenters. The molecule has 0 radical (unpaired) electrons. The smallest absolute Gasteiger partial charge is 0.407 e. The van der Waals surface area contributed by atoms with Crippen molar-refractivity contribution in [1.82, 2.24) is 10.3 Å². The molecule has 0 saturated heterocycles. The highest BCUT2D eigenvalue weighted by molar-refractivity contribution is 5.68. The molecule has 0 aromatic carbocycles. The Morgan fingerprint density at radius 3 is 2.71 bits per heavy atom. The van der Waals surface area contributed by atoms with E-state index in [-0.39, 0.29) is 6.54 Å². The van der Waals surface area contributed by atoms with E-state index < -0.39 is 29.8 Å². The maximum atomic E-state index is 13.1. The van der Waals surface area contributed by atoms with Gasteiger partial charge in [-0.15, -0.1) is 0 Å². The highest BCUT2D eigenvalue weighted by Gasteiger charge is 2.24. The van der Waals surface area contributed by atoms with E-state index in [1.54, 1.807) is 26.8 Å². The van der Waals surface area contributed by atoms with Crippen LogP contribution in [0.2, 0.25) is 0 Å². The van der Waals surface area contributed by atoms with E-state index >= 15 is 0 Å². The molecule has 3 N–H and O–H groups in total. The Morgan fingerprint density at radius 1 is 1.42 bits per heavy atom. The number of anilines is 1. The van der Waals surface area contributed by atoms with Gasteiger partial charge in [0, 0.05) is 6.54 Å². The van der Waals surface area contributed by atoms with Crippen LogP contribution in [0.25, 0.3) is 0 Å². The van der Waals surface area contributed by atoms with Crippen LogP contribution in [0, 0.1) is 5.95 Å². The van der Waals surface area contributed by atoms with Crippen molar-refractivity contribution in [3.05, 3.63) is 24.1 Å². The van der Waals surface area contributed by atoms with Gasteiger partial charge in [-0.2, -0.15) is 4.39 Å². The Labute approximate surface area is 142 Å². The standard InChI is InChI=1S/C17H28FN3O3/c1-5-6-8-12(20-16(23)24-17(2,3)4)13(22)11-19-15-10-7-9-14(18)21-15/h7,9-10,12-13,22H,5-6,8,11H2,1-4H3,(H,19,21)(H,20,23)/t12-,13-/m0/s1. The molecule has 24 heavy (non-hydrogen) atoms. The number of rotatable bonds is 8. The third-order valence-corrected chi connectivity index (χ3v) is 3.24. The van der Waals surface area contributed by atoms with E-state index in [4.69, 9.17) is 4.74 Å². The first-order valence-corrected chi connectivity index (χ1v) is 8.25. The van der Waals surface area contributed by atoms with Crippen molar-refractivity contribution in [2.75, 3.05) is 11.9 Å². The summed E-state index contributed by atoms with van der Waals surface area (Å²) in [6.07, 6.45) is 1.00. The number of alkyl carbamates (subject to hydrolysis) is 1. The second-order valence-corrected chi connectivity index (χ2v) is 6.69. The maximum absolute atomic E-state index is 13.1. The van der Waals surface area contributed by atoms with Crippen molar-refractivity contribution in [3.8, 4) is 0 Å². The van der Waals surface area contributed by atoms with Gasteiger partial charge >= 0.3 is 6.09 Å². The Hall–Kier alpha value is -1.89. The summed E-state index contributed by atoms with van der Waals surface area (Å²) in [6, 6.07) is 3.93. The molecule has 1 aromatic heterocycles. The lowest BCUT2D eigenvalue weighted by Gasteiger charge is -2.27. The molecule has 136 valence electrons. The van der Waals surface area contributed by atoms with Crippen LogP contribution in [0.1, 0.15) is 47.0 Å². The topological polar surface area (TPSA) is 83.5 Å². The molecule has 1 rings (SSSR count). The zero-order chi connectivity index (χ0) is 18.2. The summed E-state index contributed by atoms with van der Waals surface area (Å²) in [4.78, 5) is 15.6. The van der Waals surface area contributed by atoms with E-state index in [1.807, 2.05) is 6.92 Å². The van der Waals surface area contributed by atoms with Gasteiger partial charge in [0.25, 0.3) is 0 Å². The highest BCUT2D eigenvalue weighted by atomic mass is 19.1. The van der Waals surface area contributed by atoms with Crippen LogP contribution < -0.4 is 10.6 Å². The predicted octanol–water partition coefficient (Wildman–Crippen LogP) is 3.08. The zero-order valence-electron chi connectivity index (χ0n) is 14.8. The van der Waals surface area contributed by atoms with Gasteiger partial charge in [0.2, 0.25) is 5.95 Å². The van der Waals surface area contributed by atoms with Gasteiger partial charge in [0.15, 0.2) is 0 Å². The molecule has 0 fully saturated rings. The molecule has 0 aliphatic rings. The second-order valence-electron chi connectivity index (χ2n) is 6.69. The number of aromatic nitrogens is 1. The Morgan fingerprint density at radius 2 is 2.12 bits per heavy atom. The second kappa shape index (κ2) is 9.42. The van der Waals surface area contributed by atoms with Gasteiger partial charge in [0.1, 0.15) is 11.4 Å². The molecule has 1 aromatic rings. The van der Waals surface area contributed by atoms with Crippen molar-refractivity contribution in [3.63, 3.8) is 0 Å². The average Bonchev–Trinajstić information content (AvgIpc) is 2.47. The molecule has 1 amide bonds. The summed E-state index contributed by atoms with van der Waals surface area (Å²) in [5.74, 6) is -0.260. The van der Waals surface area contributed by atoms with Crippen LogP contribution in [-0.2, 0) is 4.74 Å². The third-order valence-electron chi connectivity index (χ3n) is 3.24. The van der Waals surface area contributed by atoms with E-state index in [1.165, 1.54) is 12.1 Å². The highest BCUT2D eigenvalue weighted by Crippen LogP contribution is 2.11. The molecule has 0 unspecified atom stereocenters. The van der Waals surface area contributed by atoms with Gasteiger partial charge < -0.3 is 20.5 Å². The van der Waals surface area contributed by atoms with Crippen molar-refractivity contribution < 1.29 is 19.0 Å². The number of ether oxygens (including phenoxy) is 1. The number of amides is 1. The van der Waals surface area contributed by atoms with Crippen molar-refractivity contribution in [1.29, 1.82) is 0 Å². The fourth-order valence-electron chi connectivity index (χ4n) is 2.10. The Balaban J connectivity index is 2.60. The number of nitrogens with one attached hydrogen (secondary N) is 2. The summed E-state index contributed by atoms with van der Waals surface area (Å²) in [5, 5.41) is 15.9. The molecule has 0 aliphatic carbocycles. The molecule has 7 heteroatoms. The molecule has 1 heterocycles.